The molecule has 0 radical (unpaired) electrons. The molecule has 5 rings (SSSR count). The molecule has 1 aliphatic carbocycles. The van der Waals surface area contributed by atoms with Crippen LogP contribution < -0.4 is 11.1 Å². The normalized spacial score (nSPS) is 17.6. The van der Waals surface area contributed by atoms with Gasteiger partial charge in [0.1, 0.15) is 18.2 Å². The van der Waals surface area contributed by atoms with E-state index in [-0.39, 0.29) is 30.3 Å². The quantitative estimate of drug-likeness (QED) is 0.296. The lowest BCUT2D eigenvalue weighted by molar-refractivity contribution is 0.00578. The van der Waals surface area contributed by atoms with Crippen molar-refractivity contribution in [3.63, 3.8) is 0 Å². The first kappa shape index (κ1) is 26.9. The Morgan fingerprint density at radius 3 is 2.03 bits per heavy atom. The summed E-state index contributed by atoms with van der Waals surface area (Å²) >= 11 is 0. The minimum atomic E-state index is -0.944. The number of nitrogens with two attached hydrogens (primary N) is 1. The fourth-order valence-electron chi connectivity index (χ4n) is 4.95. The summed E-state index contributed by atoms with van der Waals surface area (Å²) in [4.78, 5) is 12.8. The smallest absolute Gasteiger partial charge is 0.449 e. The molecule has 0 aromatic heterocycles. The topological polar surface area (TPSA) is 82.8 Å². The third-order valence-corrected chi connectivity index (χ3v) is 7.77. The SMILES string of the molecule is CC1(C)OB(C(=Cc2c(F)cc(N)cc2F)CNC(=O)OCC2c3ccccc3-c3ccccc32)OC1(C)C. The molecular formula is C30H31BF2N2O4. The van der Waals surface area contributed by atoms with Crippen LogP contribution in [0.4, 0.5) is 19.3 Å². The number of anilines is 1. The zero-order valence-corrected chi connectivity index (χ0v) is 22.4. The second-order valence-corrected chi connectivity index (χ2v) is 10.9. The Morgan fingerprint density at radius 2 is 1.49 bits per heavy atom. The summed E-state index contributed by atoms with van der Waals surface area (Å²) in [6.07, 6.45) is 0.619. The third-order valence-electron chi connectivity index (χ3n) is 7.77. The second kappa shape index (κ2) is 10.1. The molecule has 1 amide bonds. The predicted molar refractivity (Wildman–Crippen MR) is 148 cm³/mol. The maximum atomic E-state index is 14.6. The Kier molecular flexibility index (Phi) is 6.99. The summed E-state index contributed by atoms with van der Waals surface area (Å²) < 4.78 is 47.1. The van der Waals surface area contributed by atoms with Crippen molar-refractivity contribution in [1.82, 2.24) is 5.32 Å². The Hall–Kier alpha value is -3.69. The summed E-state index contributed by atoms with van der Waals surface area (Å²) in [5.74, 6) is -1.76. The van der Waals surface area contributed by atoms with Crippen LogP contribution in [-0.2, 0) is 14.0 Å². The fraction of sp³-hybridized carbons (Fsp3) is 0.300. The number of fused-ring (bicyclic) bond motifs is 3. The molecule has 0 unspecified atom stereocenters. The zero-order valence-electron chi connectivity index (χ0n) is 22.4. The summed E-state index contributed by atoms with van der Waals surface area (Å²) in [5.41, 5.74) is 8.61. The Morgan fingerprint density at radius 1 is 0.974 bits per heavy atom. The van der Waals surface area contributed by atoms with E-state index in [1.54, 1.807) is 0 Å². The van der Waals surface area contributed by atoms with E-state index in [2.05, 4.69) is 17.4 Å². The van der Waals surface area contributed by atoms with Gasteiger partial charge >= 0.3 is 13.2 Å². The molecular weight excluding hydrogens is 501 g/mol. The lowest BCUT2D eigenvalue weighted by Gasteiger charge is -2.32. The molecule has 1 aliphatic heterocycles. The van der Waals surface area contributed by atoms with Gasteiger partial charge in [0, 0.05) is 23.7 Å². The van der Waals surface area contributed by atoms with E-state index in [1.807, 2.05) is 64.1 Å². The molecule has 1 saturated heterocycles. The maximum Gasteiger partial charge on any atom is 0.492 e. The van der Waals surface area contributed by atoms with Gasteiger partial charge < -0.3 is 25.1 Å². The van der Waals surface area contributed by atoms with E-state index >= 15 is 0 Å². The lowest BCUT2D eigenvalue weighted by atomic mass is 9.77. The molecule has 2 aliphatic rings. The van der Waals surface area contributed by atoms with Gasteiger partial charge in [-0.25, -0.2) is 13.6 Å². The van der Waals surface area contributed by atoms with Gasteiger partial charge in [-0.2, -0.15) is 0 Å². The van der Waals surface area contributed by atoms with Crippen LogP contribution >= 0.6 is 0 Å². The number of hydrogen-bond acceptors (Lipinski definition) is 5. The number of carbonyl (C=O) groups is 1. The van der Waals surface area contributed by atoms with E-state index in [4.69, 9.17) is 19.8 Å². The molecule has 1 fully saturated rings. The van der Waals surface area contributed by atoms with Crippen molar-refractivity contribution in [3.05, 3.63) is 94.5 Å². The highest BCUT2D eigenvalue weighted by molar-refractivity contribution is 6.56. The molecule has 0 atom stereocenters. The molecule has 1 heterocycles. The number of amides is 1. The highest BCUT2D eigenvalue weighted by Crippen LogP contribution is 2.44. The summed E-state index contributed by atoms with van der Waals surface area (Å²) in [6.45, 7) is 7.50. The number of nitrogen functional groups attached to an aromatic ring is 1. The van der Waals surface area contributed by atoms with Crippen LogP contribution in [0.1, 0.15) is 50.3 Å². The Balaban J connectivity index is 1.33. The van der Waals surface area contributed by atoms with Gasteiger partial charge in [-0.1, -0.05) is 54.6 Å². The molecule has 3 aromatic rings. The number of nitrogens with one attached hydrogen (secondary N) is 1. The van der Waals surface area contributed by atoms with Crippen LogP contribution in [-0.4, -0.2) is 37.6 Å². The van der Waals surface area contributed by atoms with E-state index in [1.165, 1.54) is 6.08 Å². The second-order valence-electron chi connectivity index (χ2n) is 10.9. The van der Waals surface area contributed by atoms with Gasteiger partial charge in [0.15, 0.2) is 0 Å². The molecule has 202 valence electrons. The van der Waals surface area contributed by atoms with Crippen molar-refractivity contribution < 1.29 is 27.6 Å². The molecule has 0 spiro atoms. The summed E-state index contributed by atoms with van der Waals surface area (Å²) in [7, 11) is -0.944. The van der Waals surface area contributed by atoms with Crippen LogP contribution in [0.25, 0.3) is 17.2 Å². The fourth-order valence-corrected chi connectivity index (χ4v) is 4.95. The average Bonchev–Trinajstić information content (AvgIpc) is 3.31. The minimum Gasteiger partial charge on any atom is -0.449 e. The third kappa shape index (κ3) is 5.16. The van der Waals surface area contributed by atoms with Gasteiger partial charge in [-0.3, -0.25) is 0 Å². The minimum absolute atomic E-state index is 0.0314. The molecule has 6 nitrogen and oxygen atoms in total. The standard InChI is InChI=1S/C30H31BF2N2O4/c1-29(2)30(3,4)39-31(38-29)18(13-24-26(32)14-19(34)15-27(24)33)16-35-28(36)37-17-25-22-11-7-5-9-20(22)21-10-6-8-12-23(21)25/h5-15,25H,16-17,34H2,1-4H3,(H,35,36). The van der Waals surface area contributed by atoms with E-state index in [0.717, 1.165) is 34.4 Å². The Bertz CT molecular complexity index is 1370. The molecule has 3 N–H and O–H groups in total. The van der Waals surface area contributed by atoms with Crippen molar-refractivity contribution in [2.75, 3.05) is 18.9 Å². The van der Waals surface area contributed by atoms with E-state index < -0.39 is 36.0 Å². The number of rotatable bonds is 6. The van der Waals surface area contributed by atoms with Crippen LogP contribution in [0.15, 0.2) is 66.1 Å². The largest absolute Gasteiger partial charge is 0.492 e. The number of benzene rings is 3. The predicted octanol–water partition coefficient (Wildman–Crippen LogP) is 6.10. The maximum absolute atomic E-state index is 14.6. The van der Waals surface area contributed by atoms with Crippen LogP contribution in [0, 0.1) is 11.6 Å². The van der Waals surface area contributed by atoms with E-state index in [9.17, 15) is 13.6 Å². The average molecular weight is 532 g/mol. The van der Waals surface area contributed by atoms with Gasteiger partial charge in [0.05, 0.1) is 11.2 Å². The monoisotopic (exact) mass is 532 g/mol. The Labute approximate surface area is 227 Å². The molecule has 3 aromatic carbocycles. The first-order valence-electron chi connectivity index (χ1n) is 12.9. The van der Waals surface area contributed by atoms with Crippen molar-refractivity contribution >= 4 is 25.0 Å². The number of carbonyl (C=O) groups excluding carboxylic acids is 1. The van der Waals surface area contributed by atoms with Crippen molar-refractivity contribution in [2.45, 2.75) is 44.8 Å². The lowest BCUT2D eigenvalue weighted by Crippen LogP contribution is -2.41. The number of ether oxygens (including phenoxy) is 1. The molecule has 9 heteroatoms. The van der Waals surface area contributed by atoms with Crippen molar-refractivity contribution in [3.8, 4) is 11.1 Å². The van der Waals surface area contributed by atoms with Gasteiger partial charge in [-0.05, 0) is 67.6 Å². The molecule has 39 heavy (non-hydrogen) atoms. The van der Waals surface area contributed by atoms with Crippen LogP contribution in [0.3, 0.4) is 0 Å². The number of alkyl carbamates (subject to hydrolysis) is 1. The summed E-state index contributed by atoms with van der Waals surface area (Å²) in [5, 5.41) is 2.70. The molecule has 0 saturated carbocycles. The van der Waals surface area contributed by atoms with Gasteiger partial charge in [0.25, 0.3) is 0 Å². The first-order chi connectivity index (χ1) is 18.5. The number of halogens is 2. The first-order valence-corrected chi connectivity index (χ1v) is 12.9. The zero-order chi connectivity index (χ0) is 27.9. The summed E-state index contributed by atoms with van der Waals surface area (Å²) in [6, 6.07) is 18.2. The number of hydrogen-bond donors (Lipinski definition) is 2. The van der Waals surface area contributed by atoms with Crippen LogP contribution in [0.2, 0.25) is 0 Å². The van der Waals surface area contributed by atoms with Gasteiger partial charge in [-0.15, -0.1) is 0 Å². The van der Waals surface area contributed by atoms with Gasteiger partial charge in [0.2, 0.25) is 0 Å². The highest BCUT2D eigenvalue weighted by Gasteiger charge is 2.52. The van der Waals surface area contributed by atoms with Crippen LogP contribution in [0.5, 0.6) is 0 Å². The van der Waals surface area contributed by atoms with Crippen molar-refractivity contribution in [2.24, 2.45) is 0 Å². The van der Waals surface area contributed by atoms with Crippen molar-refractivity contribution in [1.29, 1.82) is 0 Å². The van der Waals surface area contributed by atoms with E-state index in [0.29, 0.717) is 5.47 Å². The molecule has 0 bridgehead atoms. The highest BCUT2D eigenvalue weighted by atomic mass is 19.1.